The van der Waals surface area contributed by atoms with E-state index < -0.39 is 83.4 Å². The normalized spacial score (nSPS) is 44.3. The Bertz CT molecular complexity index is 1100. The van der Waals surface area contributed by atoms with Crippen molar-refractivity contribution in [2.75, 3.05) is 20.7 Å². The van der Waals surface area contributed by atoms with Crippen molar-refractivity contribution in [2.45, 2.75) is 122 Å². The van der Waals surface area contributed by atoms with E-state index in [1.165, 1.54) is 6.92 Å². The fourth-order valence-electron chi connectivity index (χ4n) is 6.99. The van der Waals surface area contributed by atoms with Crippen LogP contribution in [0.4, 0.5) is 4.79 Å². The molecule has 3 aliphatic heterocycles. The molecule has 13 atom stereocenters. The van der Waals surface area contributed by atoms with Crippen LogP contribution in [0.5, 0.6) is 0 Å². The lowest BCUT2D eigenvalue weighted by atomic mass is 9.74. The number of carbonyl (C=O) groups is 4. The third-order valence-electron chi connectivity index (χ3n) is 9.82. The van der Waals surface area contributed by atoms with Crippen LogP contribution >= 0.6 is 0 Å². The zero-order chi connectivity index (χ0) is 33.3. The van der Waals surface area contributed by atoms with Gasteiger partial charge < -0.3 is 39.0 Å². The van der Waals surface area contributed by atoms with E-state index in [-0.39, 0.29) is 31.0 Å². The predicted octanol–water partition coefficient (Wildman–Crippen LogP) is 2.64. The maximum atomic E-state index is 14.0. The number of aliphatic hydroxyl groups excluding tert-OH is 1. The van der Waals surface area contributed by atoms with Crippen LogP contribution < -0.4 is 5.32 Å². The molecule has 0 bridgehead atoms. The number of hydrogen-bond donors (Lipinski definition) is 2. The summed E-state index contributed by atoms with van der Waals surface area (Å²) in [6, 6.07) is -1.08. The van der Waals surface area contributed by atoms with Crippen LogP contribution in [0.1, 0.15) is 68.2 Å². The van der Waals surface area contributed by atoms with E-state index in [2.05, 4.69) is 11.9 Å². The highest BCUT2D eigenvalue weighted by atomic mass is 16.7. The van der Waals surface area contributed by atoms with E-state index >= 15 is 0 Å². The van der Waals surface area contributed by atoms with E-state index in [0.29, 0.717) is 6.42 Å². The summed E-state index contributed by atoms with van der Waals surface area (Å²) >= 11 is 0. The van der Waals surface area contributed by atoms with Crippen LogP contribution in [-0.4, -0.2) is 108 Å². The van der Waals surface area contributed by atoms with Crippen molar-refractivity contribution in [1.29, 1.82) is 0 Å². The lowest BCUT2D eigenvalue weighted by Gasteiger charge is -2.47. The van der Waals surface area contributed by atoms with Crippen molar-refractivity contribution in [3.8, 4) is 0 Å². The number of carbonyl (C=O) groups excluding carboxylic acids is 4. The number of nitrogens with one attached hydrogen (secondary N) is 1. The number of hydrogen-bond acceptors (Lipinski definition) is 11. The lowest BCUT2D eigenvalue weighted by molar-refractivity contribution is -0.296. The minimum Gasteiger partial charge on any atom is -0.458 e. The largest absolute Gasteiger partial charge is 0.458 e. The number of likely N-dealkylation sites (N-methyl/N-ethyl adjacent to an activating group) is 1. The fourth-order valence-corrected chi connectivity index (χ4v) is 6.99. The minimum atomic E-state index is -1.36. The SMILES string of the molecule is C=CCO[C@@]1(C)C[C@@H](C)C(=O)[C@@H](C)[C@H]2NC(=O)O[C@]2(C)[C@H](C)OC(=O)[C@H](C)C(=O)[C@H](C)[C@H]1O[C@@H]1O[C@H](C)C[C@H](N(C)C)[C@H]1O. The van der Waals surface area contributed by atoms with Gasteiger partial charge in [0.25, 0.3) is 0 Å². The molecule has 44 heavy (non-hydrogen) atoms. The Labute approximate surface area is 261 Å². The molecule has 3 saturated heterocycles. The number of aliphatic hydroxyl groups is 1. The fraction of sp³-hybridized carbons (Fsp3) is 0.812. The quantitative estimate of drug-likeness (QED) is 0.255. The molecule has 1 amide bonds. The number of ketones is 2. The maximum Gasteiger partial charge on any atom is 0.408 e. The number of nitrogens with zero attached hydrogens (tertiary/aromatic N) is 1. The molecule has 3 fully saturated rings. The molecule has 0 saturated carbocycles. The molecule has 0 aromatic heterocycles. The van der Waals surface area contributed by atoms with Crippen LogP contribution in [0.15, 0.2) is 12.7 Å². The van der Waals surface area contributed by atoms with Gasteiger partial charge in [0, 0.05) is 23.8 Å². The van der Waals surface area contributed by atoms with E-state index in [4.69, 9.17) is 23.7 Å². The van der Waals surface area contributed by atoms with E-state index in [9.17, 15) is 24.3 Å². The van der Waals surface area contributed by atoms with Crippen LogP contribution in [0.25, 0.3) is 0 Å². The van der Waals surface area contributed by atoms with E-state index in [1.807, 2.05) is 25.9 Å². The Hall–Kier alpha value is -2.38. The van der Waals surface area contributed by atoms with Crippen molar-refractivity contribution >= 4 is 23.6 Å². The third-order valence-corrected chi connectivity index (χ3v) is 9.82. The average molecular weight is 625 g/mol. The van der Waals surface area contributed by atoms with Gasteiger partial charge >= 0.3 is 12.1 Å². The van der Waals surface area contributed by atoms with Crippen LogP contribution in [0.2, 0.25) is 0 Å². The summed E-state index contributed by atoms with van der Waals surface area (Å²) in [4.78, 5) is 55.7. The zero-order valence-electron chi connectivity index (χ0n) is 27.8. The first kappa shape index (κ1) is 36.1. The summed E-state index contributed by atoms with van der Waals surface area (Å²) in [6.07, 6.45) is -2.92. The van der Waals surface area contributed by atoms with E-state index in [1.54, 1.807) is 47.6 Å². The number of alkyl carbamates (subject to hydrolysis) is 1. The maximum absolute atomic E-state index is 14.0. The monoisotopic (exact) mass is 624 g/mol. The predicted molar refractivity (Wildman–Crippen MR) is 161 cm³/mol. The van der Waals surface area contributed by atoms with Gasteiger partial charge in [0.1, 0.15) is 23.9 Å². The van der Waals surface area contributed by atoms with Gasteiger partial charge in [-0.05, 0) is 61.6 Å². The molecule has 2 N–H and O–H groups in total. The number of fused-ring (bicyclic) bond motifs is 1. The molecule has 0 radical (unpaired) electrons. The van der Waals surface area contributed by atoms with Crippen molar-refractivity contribution in [3.63, 3.8) is 0 Å². The van der Waals surface area contributed by atoms with Gasteiger partial charge in [-0.2, -0.15) is 0 Å². The topological polar surface area (TPSA) is 150 Å². The van der Waals surface area contributed by atoms with Crippen molar-refractivity contribution in [2.24, 2.45) is 23.7 Å². The first-order valence-electron chi connectivity index (χ1n) is 15.6. The Kier molecular flexibility index (Phi) is 11.4. The molecule has 12 nitrogen and oxygen atoms in total. The number of rotatable bonds is 6. The van der Waals surface area contributed by atoms with Crippen molar-refractivity contribution < 1.29 is 48.0 Å². The summed E-state index contributed by atoms with van der Waals surface area (Å²) in [5.41, 5.74) is -2.64. The molecule has 250 valence electrons. The van der Waals surface area contributed by atoms with E-state index in [0.717, 1.165) is 0 Å². The standard InChI is InChI=1S/C32H52N2O10/c1-12-13-40-31(8)15-16(2)23(35)18(4)26-32(9,44-30(39)33-26)21(7)42-28(38)20(6)24(36)19(5)27(31)43-29-25(37)22(34(10)11)14-17(3)41-29/h12,16-22,25-27,29,37H,1,13-15H2,2-11H3,(H,33,39)/t16-,17-,18-,19+,20-,21+,22+,25-,26-,27-,29+,31+,32-/m1/s1. The van der Waals surface area contributed by atoms with Gasteiger partial charge in [-0.1, -0.05) is 26.8 Å². The van der Waals surface area contributed by atoms with Gasteiger partial charge in [-0.3, -0.25) is 14.4 Å². The Morgan fingerprint density at radius 3 is 2.27 bits per heavy atom. The van der Waals surface area contributed by atoms with Gasteiger partial charge in [0.2, 0.25) is 0 Å². The summed E-state index contributed by atoms with van der Waals surface area (Å²) in [5, 5.41) is 14.0. The average Bonchev–Trinajstić information content (AvgIpc) is 3.28. The molecule has 0 aliphatic carbocycles. The first-order chi connectivity index (χ1) is 20.4. The molecule has 0 aromatic carbocycles. The second kappa shape index (κ2) is 13.9. The highest BCUT2D eigenvalue weighted by Gasteiger charge is 2.56. The van der Waals surface area contributed by atoms with Gasteiger partial charge in [-0.25, -0.2) is 4.79 Å². The minimum absolute atomic E-state index is 0.0816. The smallest absolute Gasteiger partial charge is 0.408 e. The molecule has 0 aromatic rings. The molecular formula is C32H52N2O10. The first-order valence-corrected chi connectivity index (χ1v) is 15.6. The summed E-state index contributed by atoms with van der Waals surface area (Å²) in [5.74, 6) is -4.98. The molecule has 3 rings (SSSR count). The van der Waals surface area contributed by atoms with Crippen LogP contribution in [0, 0.1) is 23.7 Å². The molecule has 0 spiro atoms. The second-order valence-corrected chi connectivity index (χ2v) is 13.5. The van der Waals surface area contributed by atoms with Crippen LogP contribution in [0.3, 0.4) is 0 Å². The molecule has 3 aliphatic rings. The summed E-state index contributed by atoms with van der Waals surface area (Å²) < 4.78 is 30.3. The molecule has 3 heterocycles. The Morgan fingerprint density at radius 1 is 1.05 bits per heavy atom. The third kappa shape index (κ3) is 7.20. The summed E-state index contributed by atoms with van der Waals surface area (Å²) in [7, 11) is 3.72. The number of amides is 1. The Morgan fingerprint density at radius 2 is 1.68 bits per heavy atom. The van der Waals surface area contributed by atoms with Gasteiger partial charge in [0.05, 0.1) is 30.5 Å². The molecule has 0 unspecified atom stereocenters. The van der Waals surface area contributed by atoms with Crippen molar-refractivity contribution in [1.82, 2.24) is 10.2 Å². The number of cyclic esters (lactones) is 1. The van der Waals surface area contributed by atoms with Gasteiger partial charge in [-0.15, -0.1) is 6.58 Å². The molecular weight excluding hydrogens is 572 g/mol. The lowest BCUT2D eigenvalue weighted by Crippen LogP contribution is -2.60. The van der Waals surface area contributed by atoms with Crippen LogP contribution in [-0.2, 0) is 38.1 Å². The highest BCUT2D eigenvalue weighted by molar-refractivity contribution is 6.00. The van der Waals surface area contributed by atoms with Gasteiger partial charge in [0.15, 0.2) is 17.7 Å². The Balaban J connectivity index is 2.12. The summed E-state index contributed by atoms with van der Waals surface area (Å²) in [6.45, 7) is 17.2. The zero-order valence-corrected chi connectivity index (χ0v) is 27.8. The molecule has 12 heteroatoms. The van der Waals surface area contributed by atoms with Crippen molar-refractivity contribution in [3.05, 3.63) is 12.7 Å². The number of Topliss-reactive ketones (excluding diaryl/α,β-unsaturated/α-hetero) is 2. The number of ether oxygens (including phenoxy) is 5. The second-order valence-electron chi connectivity index (χ2n) is 13.5. The highest BCUT2D eigenvalue weighted by Crippen LogP contribution is 2.39. The number of esters is 1.